The SMILES string of the molecule is CN[C@@H](CC(=O)OCc1ccccc1)C(=O)NCCN(C)C(=O)OC(C)(C)C. The first kappa shape index (κ1) is 23.4. The number of esters is 1. The van der Waals surface area contributed by atoms with Gasteiger partial charge in [-0.3, -0.25) is 9.59 Å². The van der Waals surface area contributed by atoms with E-state index in [-0.39, 0.29) is 32.0 Å². The van der Waals surface area contributed by atoms with Crippen molar-refractivity contribution in [1.82, 2.24) is 15.5 Å². The number of benzene rings is 1. The molecule has 0 spiro atoms. The van der Waals surface area contributed by atoms with Gasteiger partial charge in [0.1, 0.15) is 12.2 Å². The van der Waals surface area contributed by atoms with Crippen LogP contribution in [0.25, 0.3) is 0 Å². The monoisotopic (exact) mass is 393 g/mol. The third kappa shape index (κ3) is 9.36. The summed E-state index contributed by atoms with van der Waals surface area (Å²) < 4.78 is 10.4. The van der Waals surface area contributed by atoms with E-state index >= 15 is 0 Å². The molecule has 1 aromatic carbocycles. The van der Waals surface area contributed by atoms with Crippen LogP contribution in [0.3, 0.4) is 0 Å². The largest absolute Gasteiger partial charge is 0.461 e. The quantitative estimate of drug-likeness (QED) is 0.620. The van der Waals surface area contributed by atoms with E-state index in [1.54, 1.807) is 34.9 Å². The molecule has 0 aromatic heterocycles. The van der Waals surface area contributed by atoms with Gasteiger partial charge in [-0.15, -0.1) is 0 Å². The number of hydrogen-bond acceptors (Lipinski definition) is 6. The molecule has 0 heterocycles. The van der Waals surface area contributed by atoms with Gasteiger partial charge in [-0.2, -0.15) is 0 Å². The summed E-state index contributed by atoms with van der Waals surface area (Å²) in [6.07, 6.45) is -0.548. The van der Waals surface area contributed by atoms with Crippen molar-refractivity contribution in [2.24, 2.45) is 0 Å². The van der Waals surface area contributed by atoms with Crippen LogP contribution in [0.2, 0.25) is 0 Å². The zero-order valence-electron chi connectivity index (χ0n) is 17.3. The highest BCUT2D eigenvalue weighted by atomic mass is 16.6. The first-order valence-electron chi connectivity index (χ1n) is 9.21. The Morgan fingerprint density at radius 3 is 2.36 bits per heavy atom. The Bertz CT molecular complexity index is 643. The summed E-state index contributed by atoms with van der Waals surface area (Å²) in [6, 6.07) is 8.61. The molecule has 8 heteroatoms. The lowest BCUT2D eigenvalue weighted by Crippen LogP contribution is -2.46. The maximum absolute atomic E-state index is 12.2. The minimum Gasteiger partial charge on any atom is -0.461 e. The Kier molecular flexibility index (Phi) is 9.44. The van der Waals surface area contributed by atoms with Gasteiger partial charge in [-0.25, -0.2) is 4.79 Å². The van der Waals surface area contributed by atoms with E-state index in [0.29, 0.717) is 0 Å². The number of likely N-dealkylation sites (N-methyl/N-ethyl adjacent to an activating group) is 2. The predicted molar refractivity (Wildman–Crippen MR) is 106 cm³/mol. The van der Waals surface area contributed by atoms with Crippen molar-refractivity contribution < 1.29 is 23.9 Å². The third-order valence-electron chi connectivity index (χ3n) is 3.73. The van der Waals surface area contributed by atoms with Crippen LogP contribution in [0.4, 0.5) is 4.79 Å². The molecule has 28 heavy (non-hydrogen) atoms. The molecule has 2 amide bonds. The molecule has 8 nitrogen and oxygen atoms in total. The van der Waals surface area contributed by atoms with E-state index in [4.69, 9.17) is 9.47 Å². The highest BCUT2D eigenvalue weighted by Gasteiger charge is 2.22. The van der Waals surface area contributed by atoms with Crippen molar-refractivity contribution in [1.29, 1.82) is 0 Å². The molecule has 0 saturated heterocycles. The topological polar surface area (TPSA) is 97.0 Å². The standard InChI is InChI=1S/C20H31N3O5/c1-20(2,3)28-19(26)23(5)12-11-22-18(25)16(21-4)13-17(24)27-14-15-9-7-6-8-10-15/h6-10,16,21H,11-14H2,1-5H3,(H,22,25)/t16-/m0/s1. The molecule has 0 bridgehead atoms. The number of carbonyl (C=O) groups is 3. The van der Waals surface area contributed by atoms with Gasteiger partial charge in [0, 0.05) is 20.1 Å². The molecule has 0 unspecified atom stereocenters. The highest BCUT2D eigenvalue weighted by Crippen LogP contribution is 2.08. The Morgan fingerprint density at radius 2 is 1.79 bits per heavy atom. The van der Waals surface area contributed by atoms with Crippen LogP contribution in [0.15, 0.2) is 30.3 Å². The molecule has 0 fully saturated rings. The minimum absolute atomic E-state index is 0.0862. The van der Waals surface area contributed by atoms with Crippen LogP contribution in [0, 0.1) is 0 Å². The second kappa shape index (κ2) is 11.3. The lowest BCUT2D eigenvalue weighted by Gasteiger charge is -2.25. The number of carbonyl (C=O) groups excluding carboxylic acids is 3. The number of hydrogen-bond donors (Lipinski definition) is 2. The molecule has 1 rings (SSSR count). The zero-order chi connectivity index (χ0) is 21.2. The smallest absolute Gasteiger partial charge is 0.410 e. The number of ether oxygens (including phenoxy) is 2. The molecule has 0 aliphatic rings. The molecule has 156 valence electrons. The molecule has 0 radical (unpaired) electrons. The van der Waals surface area contributed by atoms with Gasteiger partial charge >= 0.3 is 12.1 Å². The van der Waals surface area contributed by atoms with E-state index in [0.717, 1.165) is 5.56 Å². The van der Waals surface area contributed by atoms with Crippen molar-refractivity contribution >= 4 is 18.0 Å². The van der Waals surface area contributed by atoms with Crippen LogP contribution in [-0.2, 0) is 25.7 Å². The second-order valence-corrected chi connectivity index (χ2v) is 7.38. The van der Waals surface area contributed by atoms with Crippen LogP contribution in [0.1, 0.15) is 32.8 Å². The predicted octanol–water partition coefficient (Wildman–Crippen LogP) is 1.69. The Balaban J connectivity index is 2.36. The van der Waals surface area contributed by atoms with E-state index in [9.17, 15) is 14.4 Å². The molecular weight excluding hydrogens is 362 g/mol. The molecule has 0 aliphatic carbocycles. The van der Waals surface area contributed by atoms with Crippen molar-refractivity contribution in [3.8, 4) is 0 Å². The fraction of sp³-hybridized carbons (Fsp3) is 0.550. The van der Waals surface area contributed by atoms with Crippen molar-refractivity contribution in [3.63, 3.8) is 0 Å². The molecule has 1 aromatic rings. The molecule has 0 saturated carbocycles. The molecule has 1 atom stereocenters. The minimum atomic E-state index is -0.713. The van der Waals surface area contributed by atoms with Gasteiger partial charge in [0.2, 0.25) is 5.91 Å². The Labute approximate surface area is 166 Å². The van der Waals surface area contributed by atoms with E-state index in [1.807, 2.05) is 30.3 Å². The highest BCUT2D eigenvalue weighted by molar-refractivity contribution is 5.86. The van der Waals surface area contributed by atoms with Crippen LogP contribution in [0.5, 0.6) is 0 Å². The van der Waals surface area contributed by atoms with Gasteiger partial charge in [0.05, 0.1) is 12.5 Å². The van der Waals surface area contributed by atoms with Crippen molar-refractivity contribution in [3.05, 3.63) is 35.9 Å². The molecule has 0 aliphatic heterocycles. The summed E-state index contributed by atoms with van der Waals surface area (Å²) in [7, 11) is 3.19. The Hall–Kier alpha value is -2.61. The summed E-state index contributed by atoms with van der Waals surface area (Å²) in [4.78, 5) is 37.5. The number of nitrogens with zero attached hydrogens (tertiary/aromatic N) is 1. The summed E-state index contributed by atoms with van der Waals surface area (Å²) in [6.45, 7) is 6.05. The van der Waals surface area contributed by atoms with Gasteiger partial charge in [-0.05, 0) is 33.4 Å². The zero-order valence-corrected chi connectivity index (χ0v) is 17.3. The summed E-state index contributed by atoms with van der Waals surface area (Å²) >= 11 is 0. The summed E-state index contributed by atoms with van der Waals surface area (Å²) in [5, 5.41) is 5.51. The fourth-order valence-corrected chi connectivity index (χ4v) is 2.19. The van der Waals surface area contributed by atoms with Gasteiger partial charge in [0.15, 0.2) is 0 Å². The maximum Gasteiger partial charge on any atom is 0.410 e. The normalized spacial score (nSPS) is 12.0. The molecular formula is C20H31N3O5. The lowest BCUT2D eigenvalue weighted by molar-refractivity contribution is -0.147. The molecule has 2 N–H and O–H groups in total. The van der Waals surface area contributed by atoms with Crippen molar-refractivity contribution in [2.75, 3.05) is 27.2 Å². The van der Waals surface area contributed by atoms with Crippen LogP contribution >= 0.6 is 0 Å². The van der Waals surface area contributed by atoms with Gasteiger partial charge in [0.25, 0.3) is 0 Å². The number of amides is 2. The fourth-order valence-electron chi connectivity index (χ4n) is 2.19. The van der Waals surface area contributed by atoms with Gasteiger partial charge < -0.3 is 25.0 Å². The summed E-state index contributed by atoms with van der Waals surface area (Å²) in [5.41, 5.74) is 0.304. The first-order valence-corrected chi connectivity index (χ1v) is 9.21. The average Bonchev–Trinajstić information content (AvgIpc) is 2.63. The number of nitrogens with one attached hydrogen (secondary N) is 2. The average molecular weight is 393 g/mol. The van der Waals surface area contributed by atoms with Crippen LogP contribution < -0.4 is 10.6 Å². The van der Waals surface area contributed by atoms with Crippen LogP contribution in [-0.4, -0.2) is 61.7 Å². The Morgan fingerprint density at radius 1 is 1.14 bits per heavy atom. The van der Waals surface area contributed by atoms with E-state index in [1.165, 1.54) is 4.90 Å². The second-order valence-electron chi connectivity index (χ2n) is 7.38. The van der Waals surface area contributed by atoms with E-state index in [2.05, 4.69) is 10.6 Å². The third-order valence-corrected chi connectivity index (χ3v) is 3.73. The maximum atomic E-state index is 12.2. The number of rotatable bonds is 9. The van der Waals surface area contributed by atoms with E-state index < -0.39 is 23.7 Å². The van der Waals surface area contributed by atoms with Crippen molar-refractivity contribution in [2.45, 2.75) is 45.4 Å². The lowest BCUT2D eigenvalue weighted by atomic mass is 10.2. The van der Waals surface area contributed by atoms with Gasteiger partial charge in [-0.1, -0.05) is 30.3 Å². The summed E-state index contributed by atoms with van der Waals surface area (Å²) in [5.74, 6) is -0.805. The first-order chi connectivity index (χ1) is 13.1.